The molecule has 2 rings (SSSR count). The van der Waals surface area contributed by atoms with E-state index in [-0.39, 0.29) is 30.2 Å². The summed E-state index contributed by atoms with van der Waals surface area (Å²) in [7, 11) is -3.20. The predicted octanol–water partition coefficient (Wildman–Crippen LogP) is 1.10. The van der Waals surface area contributed by atoms with E-state index in [2.05, 4.69) is 13.8 Å². The summed E-state index contributed by atoms with van der Waals surface area (Å²) in [6.07, 6.45) is 2.01. The zero-order valence-electron chi connectivity index (χ0n) is 15.4. The summed E-state index contributed by atoms with van der Waals surface area (Å²) in [5.74, 6) is 0.151. The number of hydrogen-bond acceptors (Lipinski definition) is 5. The van der Waals surface area contributed by atoms with Crippen LogP contribution in [0.1, 0.15) is 40.0 Å². The van der Waals surface area contributed by atoms with Crippen LogP contribution in [0, 0.1) is 17.8 Å². The molecule has 2 unspecified atom stereocenters. The predicted molar refractivity (Wildman–Crippen MR) is 94.2 cm³/mol. The molecule has 2 saturated heterocycles. The minimum Gasteiger partial charge on any atom is -0.455 e. The fraction of sp³-hybridized carbons (Fsp3) is 0.882. The van der Waals surface area contributed by atoms with Crippen LogP contribution in [0.4, 0.5) is 0 Å². The lowest BCUT2D eigenvalue weighted by atomic mass is 9.92. The molecule has 2 aliphatic heterocycles. The van der Waals surface area contributed by atoms with E-state index in [4.69, 9.17) is 4.74 Å². The van der Waals surface area contributed by atoms with Crippen LogP contribution < -0.4 is 0 Å². The maximum Gasteiger partial charge on any atom is 0.309 e. The van der Waals surface area contributed by atoms with E-state index in [0.29, 0.717) is 50.9 Å². The second-order valence-electron chi connectivity index (χ2n) is 7.43. The monoisotopic (exact) mass is 374 g/mol. The van der Waals surface area contributed by atoms with Crippen LogP contribution in [0.5, 0.6) is 0 Å². The summed E-state index contributed by atoms with van der Waals surface area (Å²) in [5, 5.41) is 0. The number of amides is 1. The lowest BCUT2D eigenvalue weighted by Crippen LogP contribution is -2.45. The van der Waals surface area contributed by atoms with Crippen LogP contribution in [0.15, 0.2) is 0 Å². The normalized spacial score (nSPS) is 26.4. The zero-order valence-corrected chi connectivity index (χ0v) is 16.3. The van der Waals surface area contributed by atoms with Crippen LogP contribution in [-0.2, 0) is 24.3 Å². The Kier molecular flexibility index (Phi) is 6.85. The summed E-state index contributed by atoms with van der Waals surface area (Å²) < 4.78 is 30.3. The van der Waals surface area contributed by atoms with Crippen molar-refractivity contribution < 1.29 is 22.7 Å². The number of hydrogen-bond donors (Lipinski definition) is 0. The molecule has 2 heterocycles. The molecule has 0 aliphatic carbocycles. The highest BCUT2D eigenvalue weighted by Crippen LogP contribution is 2.22. The molecule has 2 atom stereocenters. The molecule has 0 saturated carbocycles. The van der Waals surface area contributed by atoms with Crippen molar-refractivity contribution in [3.8, 4) is 0 Å². The maximum absolute atomic E-state index is 12.3. The Balaban J connectivity index is 1.77. The molecule has 0 aromatic carbocycles. The van der Waals surface area contributed by atoms with Gasteiger partial charge in [0.1, 0.15) is 0 Å². The van der Waals surface area contributed by atoms with E-state index in [9.17, 15) is 18.0 Å². The number of carbonyl (C=O) groups is 2. The Morgan fingerprint density at radius 2 is 1.64 bits per heavy atom. The Bertz CT molecular complexity index is 574. The Hall–Kier alpha value is -1.15. The fourth-order valence-corrected chi connectivity index (χ4v) is 4.89. The van der Waals surface area contributed by atoms with Crippen molar-refractivity contribution in [2.45, 2.75) is 40.0 Å². The summed E-state index contributed by atoms with van der Waals surface area (Å²) in [5.41, 5.74) is 0. The van der Waals surface area contributed by atoms with E-state index in [0.717, 1.165) is 6.42 Å². The molecule has 144 valence electrons. The standard InChI is InChI=1S/C17H30N2O5S/c1-4-25(22,23)19-7-5-15(6-8-19)17(21)24-12-16(20)18-10-13(2)9-14(3)11-18/h13-15H,4-12H2,1-3H3. The van der Waals surface area contributed by atoms with E-state index in [1.165, 1.54) is 4.31 Å². The molecule has 0 radical (unpaired) electrons. The molecule has 0 aromatic heterocycles. The molecular formula is C17H30N2O5S. The number of rotatable bonds is 5. The van der Waals surface area contributed by atoms with E-state index in [1.807, 2.05) is 0 Å². The van der Waals surface area contributed by atoms with Gasteiger partial charge in [0.25, 0.3) is 5.91 Å². The van der Waals surface area contributed by atoms with E-state index >= 15 is 0 Å². The first-order valence-corrected chi connectivity index (χ1v) is 10.8. The molecule has 1 amide bonds. The van der Waals surface area contributed by atoms with E-state index < -0.39 is 10.0 Å². The summed E-state index contributed by atoms with van der Waals surface area (Å²) in [4.78, 5) is 26.2. The van der Waals surface area contributed by atoms with Gasteiger partial charge in [0, 0.05) is 26.2 Å². The van der Waals surface area contributed by atoms with Crippen molar-refractivity contribution in [2.24, 2.45) is 17.8 Å². The Morgan fingerprint density at radius 3 is 2.16 bits per heavy atom. The Labute approximate surface area is 150 Å². The highest BCUT2D eigenvalue weighted by atomic mass is 32.2. The number of ether oxygens (including phenoxy) is 1. The molecule has 0 spiro atoms. The second-order valence-corrected chi connectivity index (χ2v) is 9.68. The number of likely N-dealkylation sites (tertiary alicyclic amines) is 1. The number of esters is 1. The first kappa shape index (κ1) is 20.2. The van der Waals surface area contributed by atoms with Crippen LogP contribution in [0.2, 0.25) is 0 Å². The SMILES string of the molecule is CCS(=O)(=O)N1CCC(C(=O)OCC(=O)N2CC(C)CC(C)C2)CC1. The van der Waals surface area contributed by atoms with Crippen molar-refractivity contribution in [3.05, 3.63) is 0 Å². The smallest absolute Gasteiger partial charge is 0.309 e. The molecule has 0 aromatic rings. The lowest BCUT2D eigenvalue weighted by molar-refractivity contribution is -0.157. The van der Waals surface area contributed by atoms with Gasteiger partial charge >= 0.3 is 5.97 Å². The van der Waals surface area contributed by atoms with Gasteiger partial charge in [0.05, 0.1) is 11.7 Å². The number of sulfonamides is 1. The summed E-state index contributed by atoms with van der Waals surface area (Å²) >= 11 is 0. The van der Waals surface area contributed by atoms with Crippen molar-refractivity contribution in [1.29, 1.82) is 0 Å². The van der Waals surface area contributed by atoms with E-state index in [1.54, 1.807) is 11.8 Å². The quantitative estimate of drug-likeness (QED) is 0.673. The van der Waals surface area contributed by atoms with Crippen molar-refractivity contribution >= 4 is 21.9 Å². The zero-order chi connectivity index (χ0) is 18.6. The number of carbonyl (C=O) groups excluding carboxylic acids is 2. The molecule has 0 N–H and O–H groups in total. The fourth-order valence-electron chi connectivity index (χ4n) is 3.76. The van der Waals surface area contributed by atoms with Crippen molar-refractivity contribution in [3.63, 3.8) is 0 Å². The second kappa shape index (κ2) is 8.49. The van der Waals surface area contributed by atoms with Crippen LogP contribution >= 0.6 is 0 Å². The molecule has 2 fully saturated rings. The van der Waals surface area contributed by atoms with Gasteiger partial charge in [-0.05, 0) is 38.0 Å². The average molecular weight is 375 g/mol. The van der Waals surface area contributed by atoms with Crippen molar-refractivity contribution in [2.75, 3.05) is 38.5 Å². The van der Waals surface area contributed by atoms with Gasteiger partial charge in [-0.1, -0.05) is 13.8 Å². The van der Waals surface area contributed by atoms with Gasteiger partial charge in [0.2, 0.25) is 10.0 Å². The number of piperidine rings is 2. The first-order chi connectivity index (χ1) is 11.7. The van der Waals surface area contributed by atoms with Crippen LogP contribution in [0.25, 0.3) is 0 Å². The molecular weight excluding hydrogens is 344 g/mol. The highest BCUT2D eigenvalue weighted by molar-refractivity contribution is 7.89. The third-order valence-electron chi connectivity index (χ3n) is 5.10. The minimum atomic E-state index is -3.20. The van der Waals surface area contributed by atoms with Gasteiger partial charge < -0.3 is 9.64 Å². The average Bonchev–Trinajstić information content (AvgIpc) is 2.58. The maximum atomic E-state index is 12.3. The number of nitrogens with zero attached hydrogens (tertiary/aromatic N) is 2. The molecule has 25 heavy (non-hydrogen) atoms. The lowest BCUT2D eigenvalue weighted by Gasteiger charge is -2.35. The van der Waals surface area contributed by atoms with Gasteiger partial charge in [-0.3, -0.25) is 9.59 Å². The molecule has 8 heteroatoms. The van der Waals surface area contributed by atoms with Crippen LogP contribution in [0.3, 0.4) is 0 Å². The van der Waals surface area contributed by atoms with Crippen LogP contribution in [-0.4, -0.2) is 68.0 Å². The van der Waals surface area contributed by atoms with Gasteiger partial charge in [-0.15, -0.1) is 0 Å². The van der Waals surface area contributed by atoms with Crippen molar-refractivity contribution in [1.82, 2.24) is 9.21 Å². The summed E-state index contributed by atoms with van der Waals surface area (Å²) in [6, 6.07) is 0. The first-order valence-electron chi connectivity index (χ1n) is 9.15. The highest BCUT2D eigenvalue weighted by Gasteiger charge is 2.32. The van der Waals surface area contributed by atoms with Gasteiger partial charge in [-0.25, -0.2) is 12.7 Å². The topological polar surface area (TPSA) is 84.0 Å². The minimum absolute atomic E-state index is 0.0727. The third kappa shape index (κ3) is 5.41. The largest absolute Gasteiger partial charge is 0.455 e. The molecule has 7 nitrogen and oxygen atoms in total. The summed E-state index contributed by atoms with van der Waals surface area (Å²) in [6.45, 7) is 7.76. The molecule has 0 bridgehead atoms. The van der Waals surface area contributed by atoms with Gasteiger partial charge in [0.15, 0.2) is 6.61 Å². The molecule has 2 aliphatic rings. The third-order valence-corrected chi connectivity index (χ3v) is 6.99. The Morgan fingerprint density at radius 1 is 1.08 bits per heavy atom. The van der Waals surface area contributed by atoms with Gasteiger partial charge in [-0.2, -0.15) is 0 Å².